The van der Waals surface area contributed by atoms with Crippen molar-refractivity contribution in [1.29, 1.82) is 0 Å². The number of anilines is 4. The lowest BCUT2D eigenvalue weighted by Gasteiger charge is -2.14. The Bertz CT molecular complexity index is 3960. The summed E-state index contributed by atoms with van der Waals surface area (Å²) in [5, 5.41) is 29.6. The van der Waals surface area contributed by atoms with Gasteiger partial charge in [0.2, 0.25) is 15.9 Å². The van der Waals surface area contributed by atoms with Gasteiger partial charge in [0.25, 0.3) is 20.0 Å². The standard InChI is InChI=1S/C23H22N2O7S.C21H18ClNO6S.C16H17NO6S/c1-16(26)24-18-8-12-20(13-9-18)33(29,30)25-21-4-2-3-5-22(21)32-15-14-31-19-10-6-17(7-11-19)23(27)28;22-16-7-11-18(12-8-16)30(26,27)23-19-3-1-2-4-20(19)29-14-13-28-17-9-5-15(6-10-17)21(24)25;1-24(20,21)17-14-4-2-3-5-15(14)23-11-10-22-13-8-6-12(7-9-13)16(18)19/h2-13,25H,14-15H2,1H3,(H,24,26)(H,27,28);1-12,23H,13-14H2,(H,24,25);2-9,17H,10-11H2,1H3,(H,18,19). The number of para-hydroxylation sites is 6. The molecule has 0 radical (unpaired) electrons. The van der Waals surface area contributed by atoms with Crippen molar-refractivity contribution in [3.63, 3.8) is 0 Å². The number of benzene rings is 8. The van der Waals surface area contributed by atoms with Crippen molar-refractivity contribution in [2.24, 2.45) is 0 Å². The molecule has 8 rings (SSSR count). The van der Waals surface area contributed by atoms with E-state index in [2.05, 4.69) is 19.5 Å². The molecule has 0 saturated carbocycles. The molecule has 8 aromatic carbocycles. The van der Waals surface area contributed by atoms with Gasteiger partial charge in [0.1, 0.15) is 74.1 Å². The molecular weight excluding hydrogens is 1210 g/mol. The van der Waals surface area contributed by atoms with Gasteiger partial charge in [-0.1, -0.05) is 48.0 Å². The predicted octanol–water partition coefficient (Wildman–Crippen LogP) is 10.1. The van der Waals surface area contributed by atoms with Crippen LogP contribution in [0.1, 0.15) is 38.0 Å². The van der Waals surface area contributed by atoms with Crippen LogP contribution in [0.5, 0.6) is 34.5 Å². The minimum atomic E-state index is -3.89. The summed E-state index contributed by atoms with van der Waals surface area (Å²) in [4.78, 5) is 43.7. The Hall–Kier alpha value is -10.0. The molecule has 0 saturated heterocycles. The number of carbonyl (C=O) groups excluding carboxylic acids is 1. The lowest BCUT2D eigenvalue weighted by Crippen LogP contribution is -2.15. The molecular formula is C60H57ClN4O19S3. The van der Waals surface area contributed by atoms with Crippen LogP contribution in [0.2, 0.25) is 5.02 Å². The van der Waals surface area contributed by atoms with Gasteiger partial charge in [0.05, 0.1) is 49.8 Å². The second kappa shape index (κ2) is 31.8. The maximum absolute atomic E-state index is 12.8. The average molecular weight is 1270 g/mol. The van der Waals surface area contributed by atoms with E-state index in [4.69, 9.17) is 55.3 Å². The number of hydrogen-bond donors (Lipinski definition) is 7. The van der Waals surface area contributed by atoms with E-state index < -0.39 is 48.0 Å². The summed E-state index contributed by atoms with van der Waals surface area (Å²) in [6.45, 7) is 2.42. The van der Waals surface area contributed by atoms with Crippen LogP contribution in [0, 0.1) is 0 Å². The number of hydrogen-bond acceptors (Lipinski definition) is 16. The van der Waals surface area contributed by atoms with Crippen molar-refractivity contribution in [3.05, 3.63) is 216 Å². The van der Waals surface area contributed by atoms with Gasteiger partial charge in [0, 0.05) is 17.6 Å². The Balaban J connectivity index is 0.000000211. The van der Waals surface area contributed by atoms with Crippen molar-refractivity contribution in [2.45, 2.75) is 16.7 Å². The number of carboxylic acids is 3. The first-order chi connectivity index (χ1) is 41.4. The summed E-state index contributed by atoms with van der Waals surface area (Å²) in [6, 6.07) is 49.5. The summed E-state index contributed by atoms with van der Waals surface area (Å²) >= 11 is 5.81. The van der Waals surface area contributed by atoms with Gasteiger partial charge in [-0.3, -0.25) is 19.0 Å². The van der Waals surface area contributed by atoms with Crippen molar-refractivity contribution in [3.8, 4) is 34.5 Å². The number of carboxylic acid groups (broad SMARTS) is 3. The minimum absolute atomic E-state index is 0.0274. The number of nitrogens with one attached hydrogen (secondary N) is 4. The Morgan fingerprint density at radius 3 is 0.977 bits per heavy atom. The van der Waals surface area contributed by atoms with E-state index in [0.29, 0.717) is 56.6 Å². The minimum Gasteiger partial charge on any atom is -0.490 e. The van der Waals surface area contributed by atoms with Crippen LogP contribution in [-0.2, 0) is 34.9 Å². The first kappa shape index (κ1) is 66.1. The fourth-order valence-corrected chi connectivity index (χ4v) is 10.0. The van der Waals surface area contributed by atoms with Crippen LogP contribution in [-0.4, -0.2) is 110 Å². The molecule has 0 fully saturated rings. The third kappa shape index (κ3) is 22.2. The molecule has 87 heavy (non-hydrogen) atoms. The number of carbonyl (C=O) groups is 4. The maximum Gasteiger partial charge on any atom is 0.335 e. The zero-order valence-electron chi connectivity index (χ0n) is 46.2. The van der Waals surface area contributed by atoms with Crippen molar-refractivity contribution in [1.82, 2.24) is 0 Å². The van der Waals surface area contributed by atoms with Gasteiger partial charge in [-0.05, 0) is 158 Å². The van der Waals surface area contributed by atoms with Crippen LogP contribution in [0.25, 0.3) is 0 Å². The quantitative estimate of drug-likeness (QED) is 0.0235. The van der Waals surface area contributed by atoms with Gasteiger partial charge < -0.3 is 49.1 Å². The van der Waals surface area contributed by atoms with Crippen molar-refractivity contribution in [2.75, 3.05) is 65.4 Å². The molecule has 0 atom stereocenters. The van der Waals surface area contributed by atoms with E-state index in [1.54, 1.807) is 109 Å². The highest BCUT2D eigenvalue weighted by atomic mass is 35.5. The zero-order valence-corrected chi connectivity index (χ0v) is 49.4. The Labute approximate surface area is 506 Å². The SMILES string of the molecule is CC(=O)Nc1ccc(S(=O)(=O)Nc2ccccc2OCCOc2ccc(C(=O)O)cc2)cc1.CS(=O)(=O)Nc1ccccc1OCCOc1ccc(C(=O)O)cc1.O=C(O)c1ccc(OCCOc2ccccc2NS(=O)(=O)c2ccc(Cl)cc2)cc1. The zero-order chi connectivity index (χ0) is 63.0. The monoisotopic (exact) mass is 1270 g/mol. The summed E-state index contributed by atoms with van der Waals surface area (Å²) in [6.07, 6.45) is 1.06. The lowest BCUT2D eigenvalue weighted by molar-refractivity contribution is -0.114. The molecule has 1 amide bonds. The summed E-state index contributed by atoms with van der Waals surface area (Å²) < 4.78 is 114. The smallest absolute Gasteiger partial charge is 0.335 e. The van der Waals surface area contributed by atoms with E-state index in [1.807, 2.05) is 0 Å². The summed E-state index contributed by atoms with van der Waals surface area (Å²) in [5.41, 5.74) is 1.89. The normalized spacial score (nSPS) is 10.9. The molecule has 8 aromatic rings. The molecule has 456 valence electrons. The van der Waals surface area contributed by atoms with Crippen LogP contribution >= 0.6 is 11.6 Å². The van der Waals surface area contributed by atoms with E-state index in [0.717, 1.165) is 6.26 Å². The molecule has 0 aliphatic rings. The van der Waals surface area contributed by atoms with E-state index in [-0.39, 0.29) is 77.7 Å². The van der Waals surface area contributed by atoms with Crippen molar-refractivity contribution < 1.29 is 88.2 Å². The number of aromatic carboxylic acids is 3. The molecule has 0 aliphatic heterocycles. The molecule has 0 spiro atoms. The van der Waals surface area contributed by atoms with Crippen LogP contribution in [0.3, 0.4) is 0 Å². The fourth-order valence-electron chi connectivity index (χ4n) is 7.19. The highest BCUT2D eigenvalue weighted by Crippen LogP contribution is 2.30. The molecule has 0 bridgehead atoms. The van der Waals surface area contributed by atoms with Crippen LogP contribution in [0.4, 0.5) is 22.7 Å². The third-order valence-electron chi connectivity index (χ3n) is 11.2. The van der Waals surface area contributed by atoms with Gasteiger partial charge in [-0.15, -0.1) is 0 Å². The third-order valence-corrected chi connectivity index (χ3v) is 14.8. The van der Waals surface area contributed by atoms with Crippen molar-refractivity contribution >= 4 is 88.2 Å². The largest absolute Gasteiger partial charge is 0.490 e. The number of sulfonamides is 3. The first-order valence-electron chi connectivity index (χ1n) is 25.7. The summed E-state index contributed by atoms with van der Waals surface area (Å²) in [5.74, 6) is -0.716. The predicted molar refractivity (Wildman–Crippen MR) is 325 cm³/mol. The maximum atomic E-state index is 12.8. The molecule has 7 N–H and O–H groups in total. The number of ether oxygens (including phenoxy) is 6. The Morgan fingerprint density at radius 2 is 0.678 bits per heavy atom. The Kier molecular flexibility index (Phi) is 24.1. The Morgan fingerprint density at radius 1 is 0.391 bits per heavy atom. The van der Waals surface area contributed by atoms with Gasteiger partial charge in [-0.2, -0.15) is 0 Å². The van der Waals surface area contributed by atoms with Gasteiger partial charge >= 0.3 is 17.9 Å². The molecule has 27 heteroatoms. The number of halogens is 1. The van der Waals surface area contributed by atoms with Crippen LogP contribution in [0.15, 0.2) is 204 Å². The van der Waals surface area contributed by atoms with Gasteiger partial charge in [0.15, 0.2) is 0 Å². The van der Waals surface area contributed by atoms with Crippen LogP contribution < -0.4 is 47.9 Å². The molecule has 23 nitrogen and oxygen atoms in total. The molecule has 0 aromatic heterocycles. The lowest BCUT2D eigenvalue weighted by atomic mass is 10.2. The average Bonchev–Trinajstić information content (AvgIpc) is 2.82. The number of amides is 1. The molecule has 0 unspecified atom stereocenters. The number of rotatable bonds is 27. The van der Waals surface area contributed by atoms with E-state index in [1.165, 1.54) is 91.9 Å². The first-order valence-corrected chi connectivity index (χ1v) is 30.9. The fraction of sp³-hybridized carbons (Fsp3) is 0.133. The van der Waals surface area contributed by atoms with Gasteiger partial charge in [-0.25, -0.2) is 39.6 Å². The highest BCUT2D eigenvalue weighted by molar-refractivity contribution is 7.93. The topological polar surface area (TPSA) is 335 Å². The molecule has 0 aliphatic carbocycles. The second-order valence-electron chi connectivity index (χ2n) is 17.8. The van der Waals surface area contributed by atoms with E-state index in [9.17, 15) is 44.4 Å². The van der Waals surface area contributed by atoms with E-state index >= 15 is 0 Å². The second-order valence-corrected chi connectivity index (χ2v) is 23.4. The highest BCUT2D eigenvalue weighted by Gasteiger charge is 2.19. The molecule has 0 heterocycles. The summed E-state index contributed by atoms with van der Waals surface area (Å²) in [7, 11) is -11.1.